The van der Waals surface area contributed by atoms with Gasteiger partial charge in [0.25, 0.3) is 0 Å². The van der Waals surface area contributed by atoms with E-state index in [0.717, 1.165) is 11.5 Å². The molecule has 0 spiro atoms. The third-order valence-electron chi connectivity index (χ3n) is 4.71. The molecule has 4 rings (SSSR count). The SMILES string of the molecule is CC(C)(C)c1n[n-]c(-c2ccccn2)n1.C[Si](C)(C)c1c(F)c[c-]c(-c2ccccn2)c1F.[Ir]. The zero-order chi connectivity index (χ0) is 24.2. The molecular formula is C25H27F2IrN5Si-2. The molecule has 0 unspecified atom stereocenters. The quantitative estimate of drug-likeness (QED) is 0.226. The van der Waals surface area contributed by atoms with E-state index in [2.05, 4.69) is 52.0 Å². The summed E-state index contributed by atoms with van der Waals surface area (Å²) in [6.07, 6.45) is 3.31. The summed E-state index contributed by atoms with van der Waals surface area (Å²) in [5.41, 5.74) is 1.42. The van der Waals surface area contributed by atoms with Crippen molar-refractivity contribution in [2.75, 3.05) is 0 Å². The molecule has 4 aromatic rings. The van der Waals surface area contributed by atoms with Gasteiger partial charge in [-0.2, -0.15) is 0 Å². The number of nitrogens with zero attached hydrogens (tertiary/aromatic N) is 5. The number of benzene rings is 1. The summed E-state index contributed by atoms with van der Waals surface area (Å²) in [7, 11) is -2.08. The zero-order valence-electron chi connectivity index (χ0n) is 20.0. The first-order valence-corrected chi connectivity index (χ1v) is 14.1. The van der Waals surface area contributed by atoms with Gasteiger partial charge in [-0.05, 0) is 29.7 Å². The second kappa shape index (κ2) is 11.2. The van der Waals surface area contributed by atoms with Gasteiger partial charge in [0.1, 0.15) is 0 Å². The van der Waals surface area contributed by atoms with Crippen molar-refractivity contribution in [1.29, 1.82) is 0 Å². The maximum atomic E-state index is 14.4. The molecule has 1 aromatic carbocycles. The van der Waals surface area contributed by atoms with Crippen molar-refractivity contribution in [3.63, 3.8) is 0 Å². The second-order valence-corrected chi connectivity index (χ2v) is 14.6. The van der Waals surface area contributed by atoms with Crippen molar-refractivity contribution < 1.29 is 28.9 Å². The van der Waals surface area contributed by atoms with E-state index in [1.807, 2.05) is 37.8 Å². The van der Waals surface area contributed by atoms with E-state index in [4.69, 9.17) is 0 Å². The van der Waals surface area contributed by atoms with Crippen LogP contribution in [0, 0.1) is 17.7 Å². The summed E-state index contributed by atoms with van der Waals surface area (Å²) >= 11 is 0. The van der Waals surface area contributed by atoms with Crippen molar-refractivity contribution in [2.45, 2.75) is 45.8 Å². The van der Waals surface area contributed by atoms with Gasteiger partial charge >= 0.3 is 0 Å². The van der Waals surface area contributed by atoms with Crippen LogP contribution in [-0.4, -0.2) is 28.1 Å². The monoisotopic (exact) mass is 656 g/mol. The predicted molar refractivity (Wildman–Crippen MR) is 129 cm³/mol. The van der Waals surface area contributed by atoms with Crippen LogP contribution in [0.1, 0.15) is 26.6 Å². The van der Waals surface area contributed by atoms with Gasteiger partial charge < -0.3 is 15.1 Å². The third-order valence-corrected chi connectivity index (χ3v) is 6.67. The van der Waals surface area contributed by atoms with Crippen LogP contribution < -0.4 is 10.3 Å². The average Bonchev–Trinajstić information content (AvgIpc) is 3.26. The molecule has 0 atom stereocenters. The molecule has 1 radical (unpaired) electrons. The van der Waals surface area contributed by atoms with Gasteiger partial charge in [0.2, 0.25) is 0 Å². The zero-order valence-corrected chi connectivity index (χ0v) is 23.4. The Bertz CT molecular complexity index is 1200. The van der Waals surface area contributed by atoms with Crippen LogP contribution in [0.25, 0.3) is 22.8 Å². The van der Waals surface area contributed by atoms with Crippen molar-refractivity contribution >= 4 is 13.3 Å². The van der Waals surface area contributed by atoms with Gasteiger partial charge in [-0.25, -0.2) is 0 Å². The number of hydrogen-bond donors (Lipinski definition) is 0. The molecule has 0 N–H and O–H groups in total. The summed E-state index contributed by atoms with van der Waals surface area (Å²) in [6, 6.07) is 14.7. The predicted octanol–water partition coefficient (Wildman–Crippen LogP) is 5.16. The Morgan fingerprint density at radius 3 is 1.97 bits per heavy atom. The first kappa shape index (κ1) is 27.6. The standard InChI is InChI=1S/C14H14F2NSi.C11H13N4.Ir/c1-18(2,3)14-11(15)8-7-10(13(14)16)12-6-4-5-9-17-12;1-11(2,3)10-13-9(14-15-10)8-6-4-5-7-12-8;/h4-6,8-9H,1-3H3;4-7H,1-3H3;/q2*-1;. The topological polar surface area (TPSA) is 65.7 Å². The van der Waals surface area contributed by atoms with Gasteiger partial charge in [0, 0.05) is 55.4 Å². The fraction of sp³-hybridized carbons (Fsp3) is 0.280. The molecule has 0 fully saturated rings. The van der Waals surface area contributed by atoms with Gasteiger partial charge in [0.15, 0.2) is 0 Å². The molecule has 0 amide bonds. The largest absolute Gasteiger partial charge is 0.420 e. The van der Waals surface area contributed by atoms with E-state index in [9.17, 15) is 8.78 Å². The molecular weight excluding hydrogens is 629 g/mol. The average molecular weight is 656 g/mol. The molecule has 0 bridgehead atoms. The first-order chi connectivity index (χ1) is 15.5. The fourth-order valence-electron chi connectivity index (χ4n) is 3.05. The molecule has 5 nitrogen and oxygen atoms in total. The normalized spacial score (nSPS) is 11.3. The minimum Gasteiger partial charge on any atom is -0.420 e. The van der Waals surface area contributed by atoms with Gasteiger partial charge in [-0.15, -0.1) is 12.1 Å². The molecule has 3 aromatic heterocycles. The Morgan fingerprint density at radius 2 is 1.50 bits per heavy atom. The van der Waals surface area contributed by atoms with Crippen molar-refractivity contribution in [2.24, 2.45) is 0 Å². The molecule has 0 aliphatic carbocycles. The smallest absolute Gasteiger partial charge is 0.0634 e. The third kappa shape index (κ3) is 6.71. The summed E-state index contributed by atoms with van der Waals surface area (Å²) in [5, 5.41) is 8.30. The van der Waals surface area contributed by atoms with Crippen LogP contribution in [0.5, 0.6) is 0 Å². The number of rotatable bonds is 3. The fourth-order valence-corrected chi connectivity index (χ4v) is 4.62. The number of pyridine rings is 2. The molecule has 9 heteroatoms. The Kier molecular flexibility index (Phi) is 9.11. The molecule has 0 saturated heterocycles. The van der Waals surface area contributed by atoms with Crippen molar-refractivity contribution in [1.82, 2.24) is 25.1 Å². The summed E-state index contributed by atoms with van der Waals surface area (Å²) in [6.45, 7) is 11.9. The molecule has 0 aliphatic rings. The van der Waals surface area contributed by atoms with Gasteiger partial charge in [0.05, 0.1) is 13.8 Å². The molecule has 0 aliphatic heterocycles. The van der Waals surface area contributed by atoms with Gasteiger partial charge in [-0.3, -0.25) is 18.9 Å². The molecule has 0 saturated carbocycles. The molecule has 34 heavy (non-hydrogen) atoms. The Hall–Kier alpha value is -2.61. The van der Waals surface area contributed by atoms with E-state index in [1.165, 1.54) is 6.07 Å². The van der Waals surface area contributed by atoms with Crippen LogP contribution in [-0.2, 0) is 25.5 Å². The molecule has 181 valence electrons. The summed E-state index contributed by atoms with van der Waals surface area (Å²) < 4.78 is 28.2. The second-order valence-electron chi connectivity index (χ2n) is 9.59. The van der Waals surface area contributed by atoms with Crippen molar-refractivity contribution in [3.05, 3.63) is 78.4 Å². The Balaban J connectivity index is 0.000000237. The summed E-state index contributed by atoms with van der Waals surface area (Å²) in [4.78, 5) is 12.6. The van der Waals surface area contributed by atoms with E-state index >= 15 is 0 Å². The van der Waals surface area contributed by atoms with Crippen LogP contribution >= 0.6 is 0 Å². The van der Waals surface area contributed by atoms with Crippen LogP contribution in [0.4, 0.5) is 8.78 Å². The van der Waals surface area contributed by atoms with E-state index in [-0.39, 0.29) is 36.3 Å². The summed E-state index contributed by atoms with van der Waals surface area (Å²) in [5.74, 6) is 0.322. The van der Waals surface area contributed by atoms with Crippen LogP contribution in [0.15, 0.2) is 54.9 Å². The Morgan fingerprint density at radius 1 is 0.912 bits per heavy atom. The minimum absolute atomic E-state index is 0. The van der Waals surface area contributed by atoms with E-state index in [0.29, 0.717) is 11.5 Å². The first-order valence-electron chi connectivity index (χ1n) is 10.6. The van der Waals surface area contributed by atoms with E-state index in [1.54, 1.807) is 30.6 Å². The van der Waals surface area contributed by atoms with Crippen LogP contribution in [0.2, 0.25) is 19.6 Å². The Labute approximate surface area is 213 Å². The maximum absolute atomic E-state index is 14.4. The minimum atomic E-state index is -2.08. The van der Waals surface area contributed by atoms with Crippen molar-refractivity contribution in [3.8, 4) is 22.8 Å². The maximum Gasteiger partial charge on any atom is 0.0634 e. The van der Waals surface area contributed by atoms with E-state index < -0.39 is 19.7 Å². The molecule has 3 heterocycles. The number of aromatic nitrogens is 5. The van der Waals surface area contributed by atoms with Gasteiger partial charge in [-0.1, -0.05) is 69.4 Å². The number of hydrogen-bond acceptors (Lipinski definition) is 4. The van der Waals surface area contributed by atoms with Crippen LogP contribution in [0.3, 0.4) is 0 Å². The number of halogens is 2.